The van der Waals surface area contributed by atoms with Gasteiger partial charge in [0.25, 0.3) is 0 Å². The second-order valence-corrected chi connectivity index (χ2v) is 7.41. The summed E-state index contributed by atoms with van der Waals surface area (Å²) in [6, 6.07) is 21.4. The van der Waals surface area contributed by atoms with Crippen LogP contribution in [0.3, 0.4) is 0 Å². The Morgan fingerprint density at radius 3 is 2.28 bits per heavy atom. The van der Waals surface area contributed by atoms with Gasteiger partial charge in [-0.2, -0.15) is 0 Å². The first-order valence-electron chi connectivity index (χ1n) is 11.0. The van der Waals surface area contributed by atoms with E-state index in [0.29, 0.717) is 6.54 Å². The number of likely N-dealkylation sites (N-methyl/N-ethyl adjacent to an activating group) is 1. The first-order chi connectivity index (χ1) is 15.2. The molecule has 0 fully saturated rings. The molecule has 3 rings (SSSR count). The Balaban J connectivity index is 0.00000363. The highest BCUT2D eigenvalue weighted by molar-refractivity contribution is 14.0. The van der Waals surface area contributed by atoms with Gasteiger partial charge in [0.05, 0.1) is 12.6 Å². The molecule has 0 saturated carbocycles. The number of aliphatic imine (C=N–C) groups is 1. The first kappa shape index (κ1) is 25.9. The molecule has 1 aromatic heterocycles. The number of hydrogen-bond acceptors (Lipinski definition) is 3. The Morgan fingerprint density at radius 2 is 1.66 bits per heavy atom. The zero-order chi connectivity index (χ0) is 21.9. The highest BCUT2D eigenvalue weighted by atomic mass is 127. The van der Waals surface area contributed by atoms with Crippen molar-refractivity contribution >= 4 is 29.9 Å². The third-order valence-corrected chi connectivity index (χ3v) is 5.54. The lowest BCUT2D eigenvalue weighted by molar-refractivity contribution is 0.219. The minimum absolute atomic E-state index is 0. The molecule has 0 spiro atoms. The van der Waals surface area contributed by atoms with Crippen LogP contribution >= 0.6 is 24.0 Å². The van der Waals surface area contributed by atoms with Crippen LogP contribution in [0, 0.1) is 0 Å². The molecule has 172 valence electrons. The molecule has 1 atom stereocenters. The standard InChI is InChI=1S/C25H34N6.HI/c1-4-30(5-2)23(22-14-10-7-11-15-22)18-28-25(26-3)29-19-24-27-16-17-31(24)20-21-12-8-6-9-13-21;/h6-17,23H,4-5,18-20H2,1-3H3,(H2,26,28,29);1H. The maximum absolute atomic E-state index is 4.53. The van der Waals surface area contributed by atoms with Gasteiger partial charge in [0.15, 0.2) is 5.96 Å². The van der Waals surface area contributed by atoms with Crippen molar-refractivity contribution in [1.82, 2.24) is 25.1 Å². The zero-order valence-electron chi connectivity index (χ0n) is 19.2. The number of aromatic nitrogens is 2. The number of hydrogen-bond donors (Lipinski definition) is 2. The fraction of sp³-hybridized carbons (Fsp3) is 0.360. The van der Waals surface area contributed by atoms with Crippen LogP contribution in [0.25, 0.3) is 0 Å². The molecular weight excluding hydrogens is 511 g/mol. The minimum Gasteiger partial charge on any atom is -0.354 e. The molecule has 2 aromatic carbocycles. The van der Waals surface area contributed by atoms with Crippen LogP contribution in [-0.4, -0.2) is 47.1 Å². The van der Waals surface area contributed by atoms with Crippen LogP contribution in [0.1, 0.15) is 36.8 Å². The minimum atomic E-state index is 0. The zero-order valence-corrected chi connectivity index (χ0v) is 21.6. The van der Waals surface area contributed by atoms with Gasteiger partial charge >= 0.3 is 0 Å². The van der Waals surface area contributed by atoms with E-state index in [-0.39, 0.29) is 30.0 Å². The van der Waals surface area contributed by atoms with Crippen molar-refractivity contribution in [3.05, 3.63) is 90.0 Å². The molecule has 1 unspecified atom stereocenters. The highest BCUT2D eigenvalue weighted by Crippen LogP contribution is 2.19. The summed E-state index contributed by atoms with van der Waals surface area (Å²) in [6.07, 6.45) is 3.87. The Hall–Kier alpha value is -2.39. The lowest BCUT2D eigenvalue weighted by Gasteiger charge is -2.30. The van der Waals surface area contributed by atoms with E-state index in [9.17, 15) is 0 Å². The van der Waals surface area contributed by atoms with Gasteiger partial charge in [-0.05, 0) is 24.2 Å². The molecule has 2 N–H and O–H groups in total. The summed E-state index contributed by atoms with van der Waals surface area (Å²) < 4.78 is 2.16. The number of guanidine groups is 1. The molecule has 3 aromatic rings. The summed E-state index contributed by atoms with van der Waals surface area (Å²) >= 11 is 0. The Bertz CT molecular complexity index is 922. The van der Waals surface area contributed by atoms with Crippen LogP contribution < -0.4 is 10.6 Å². The van der Waals surface area contributed by atoms with Gasteiger partial charge in [-0.15, -0.1) is 24.0 Å². The molecular formula is C25H35IN6. The SMILES string of the molecule is CCN(CC)C(CNC(=NC)NCc1nccn1Cc1ccccc1)c1ccccc1.I. The first-order valence-corrected chi connectivity index (χ1v) is 11.0. The smallest absolute Gasteiger partial charge is 0.191 e. The van der Waals surface area contributed by atoms with Crippen molar-refractivity contribution in [2.24, 2.45) is 4.99 Å². The maximum atomic E-state index is 4.53. The molecule has 0 aliphatic heterocycles. The Labute approximate surface area is 209 Å². The Kier molecular flexibility index (Phi) is 11.2. The molecule has 0 aliphatic carbocycles. The van der Waals surface area contributed by atoms with E-state index in [4.69, 9.17) is 0 Å². The van der Waals surface area contributed by atoms with Crippen molar-refractivity contribution < 1.29 is 0 Å². The molecule has 0 aliphatic rings. The normalized spacial score (nSPS) is 12.3. The average molecular weight is 547 g/mol. The fourth-order valence-corrected chi connectivity index (χ4v) is 3.81. The van der Waals surface area contributed by atoms with E-state index in [1.54, 1.807) is 7.05 Å². The van der Waals surface area contributed by atoms with Crippen molar-refractivity contribution in [2.45, 2.75) is 33.0 Å². The van der Waals surface area contributed by atoms with Crippen LogP contribution in [0.5, 0.6) is 0 Å². The van der Waals surface area contributed by atoms with Gasteiger partial charge in [-0.25, -0.2) is 4.98 Å². The average Bonchev–Trinajstić information content (AvgIpc) is 3.26. The fourth-order valence-electron chi connectivity index (χ4n) is 3.81. The van der Waals surface area contributed by atoms with Gasteiger partial charge in [0, 0.05) is 32.5 Å². The van der Waals surface area contributed by atoms with Crippen LogP contribution in [0.15, 0.2) is 78.0 Å². The number of rotatable bonds is 10. The molecule has 0 bridgehead atoms. The summed E-state index contributed by atoms with van der Waals surface area (Å²) in [7, 11) is 1.81. The lowest BCUT2D eigenvalue weighted by Crippen LogP contribution is -2.43. The van der Waals surface area contributed by atoms with Crippen molar-refractivity contribution in [1.29, 1.82) is 0 Å². The summed E-state index contributed by atoms with van der Waals surface area (Å²) in [6.45, 7) is 8.62. The van der Waals surface area contributed by atoms with Gasteiger partial charge in [-0.3, -0.25) is 9.89 Å². The van der Waals surface area contributed by atoms with Crippen LogP contribution in [0.4, 0.5) is 0 Å². The molecule has 7 heteroatoms. The number of imidazole rings is 1. The predicted octanol–water partition coefficient (Wildman–Crippen LogP) is 4.30. The molecule has 6 nitrogen and oxygen atoms in total. The van der Waals surface area contributed by atoms with E-state index in [2.05, 4.69) is 98.5 Å². The number of halogens is 1. The van der Waals surface area contributed by atoms with Crippen molar-refractivity contribution in [3.8, 4) is 0 Å². The summed E-state index contributed by atoms with van der Waals surface area (Å²) in [5.41, 5.74) is 2.57. The third-order valence-electron chi connectivity index (χ3n) is 5.54. The summed E-state index contributed by atoms with van der Waals surface area (Å²) in [5.74, 6) is 1.76. The second-order valence-electron chi connectivity index (χ2n) is 7.41. The molecule has 1 heterocycles. The number of benzene rings is 2. The van der Waals surface area contributed by atoms with Crippen LogP contribution in [0.2, 0.25) is 0 Å². The van der Waals surface area contributed by atoms with Crippen LogP contribution in [-0.2, 0) is 13.1 Å². The molecule has 32 heavy (non-hydrogen) atoms. The third kappa shape index (κ3) is 7.34. The molecule has 0 radical (unpaired) electrons. The highest BCUT2D eigenvalue weighted by Gasteiger charge is 2.18. The molecule has 0 amide bonds. The number of nitrogens with one attached hydrogen (secondary N) is 2. The monoisotopic (exact) mass is 546 g/mol. The van der Waals surface area contributed by atoms with E-state index >= 15 is 0 Å². The van der Waals surface area contributed by atoms with Gasteiger partial charge in [-0.1, -0.05) is 74.5 Å². The van der Waals surface area contributed by atoms with Crippen molar-refractivity contribution in [3.63, 3.8) is 0 Å². The lowest BCUT2D eigenvalue weighted by atomic mass is 10.1. The van der Waals surface area contributed by atoms with Gasteiger partial charge in [0.1, 0.15) is 5.82 Å². The van der Waals surface area contributed by atoms with E-state index in [0.717, 1.165) is 38.0 Å². The summed E-state index contributed by atoms with van der Waals surface area (Å²) in [4.78, 5) is 11.4. The largest absolute Gasteiger partial charge is 0.354 e. The van der Waals surface area contributed by atoms with E-state index in [1.165, 1.54) is 11.1 Å². The topological polar surface area (TPSA) is 57.5 Å². The van der Waals surface area contributed by atoms with Crippen molar-refractivity contribution in [2.75, 3.05) is 26.7 Å². The predicted molar refractivity (Wildman–Crippen MR) is 143 cm³/mol. The summed E-state index contributed by atoms with van der Waals surface area (Å²) in [5, 5.41) is 6.93. The quantitative estimate of drug-likeness (QED) is 0.226. The Morgan fingerprint density at radius 1 is 1.00 bits per heavy atom. The van der Waals surface area contributed by atoms with Gasteiger partial charge < -0.3 is 15.2 Å². The maximum Gasteiger partial charge on any atom is 0.191 e. The van der Waals surface area contributed by atoms with E-state index in [1.807, 2.05) is 18.5 Å². The second kappa shape index (κ2) is 13.9. The molecule has 0 saturated heterocycles. The van der Waals surface area contributed by atoms with E-state index < -0.39 is 0 Å². The van der Waals surface area contributed by atoms with Gasteiger partial charge in [0.2, 0.25) is 0 Å². The number of nitrogens with zero attached hydrogens (tertiary/aromatic N) is 4.